The van der Waals surface area contributed by atoms with Gasteiger partial charge in [-0.05, 0) is 24.3 Å². The van der Waals surface area contributed by atoms with Crippen LogP contribution in [0.4, 0.5) is 0 Å². The fraction of sp³-hybridized carbons (Fsp3) is 0.500. The Balaban J connectivity index is 2.37. The molecule has 17 heavy (non-hydrogen) atoms. The third kappa shape index (κ3) is 2.51. The summed E-state index contributed by atoms with van der Waals surface area (Å²) in [4.78, 5) is 11.8. The van der Waals surface area contributed by atoms with Crippen molar-refractivity contribution in [3.8, 4) is 0 Å². The first kappa shape index (κ1) is 12.5. The highest BCUT2D eigenvalue weighted by Crippen LogP contribution is 2.30. The molecule has 0 spiro atoms. The minimum absolute atomic E-state index is 0.0438. The number of carboxylic acids is 1. The second-order valence-corrected chi connectivity index (χ2v) is 6.91. The summed E-state index contributed by atoms with van der Waals surface area (Å²) < 4.78 is 24.9. The van der Waals surface area contributed by atoms with E-state index in [-0.39, 0.29) is 12.3 Å². The van der Waals surface area contributed by atoms with Crippen molar-refractivity contribution in [1.82, 2.24) is 4.31 Å². The number of rotatable bonds is 3. The predicted octanol–water partition coefficient (Wildman–Crippen LogP) is 1.30. The lowest BCUT2D eigenvalue weighted by Crippen LogP contribution is -2.43. The van der Waals surface area contributed by atoms with Crippen LogP contribution in [-0.4, -0.2) is 36.1 Å². The molecule has 0 radical (unpaired) electrons. The van der Waals surface area contributed by atoms with Crippen molar-refractivity contribution >= 4 is 27.3 Å². The van der Waals surface area contributed by atoms with Crippen molar-refractivity contribution in [2.24, 2.45) is 0 Å². The van der Waals surface area contributed by atoms with Crippen LogP contribution in [-0.2, 0) is 14.8 Å². The molecule has 94 valence electrons. The largest absolute Gasteiger partial charge is 0.480 e. The number of thiophene rings is 1. The van der Waals surface area contributed by atoms with E-state index >= 15 is 0 Å². The van der Waals surface area contributed by atoms with Crippen LogP contribution in [0.2, 0.25) is 0 Å². The van der Waals surface area contributed by atoms with Crippen LogP contribution in [0.25, 0.3) is 0 Å². The molecule has 2 heterocycles. The SMILES string of the molecule is O=C(O)C(c1cccs1)N1CCCCS1(=O)=O. The maximum absolute atomic E-state index is 11.9. The van der Waals surface area contributed by atoms with Gasteiger partial charge in [-0.3, -0.25) is 4.79 Å². The Hall–Kier alpha value is -0.920. The molecule has 0 saturated carbocycles. The van der Waals surface area contributed by atoms with Gasteiger partial charge in [0.1, 0.15) is 0 Å². The number of hydrogen-bond donors (Lipinski definition) is 1. The zero-order valence-electron chi connectivity index (χ0n) is 9.07. The van der Waals surface area contributed by atoms with Crippen LogP contribution in [0, 0.1) is 0 Å². The zero-order chi connectivity index (χ0) is 12.5. The maximum Gasteiger partial charge on any atom is 0.327 e. The van der Waals surface area contributed by atoms with E-state index < -0.39 is 22.0 Å². The molecule has 1 aromatic rings. The second kappa shape index (κ2) is 4.75. The van der Waals surface area contributed by atoms with Gasteiger partial charge in [-0.15, -0.1) is 11.3 Å². The molecule has 1 aliphatic heterocycles. The Morgan fingerprint density at radius 3 is 2.76 bits per heavy atom. The molecule has 1 aliphatic rings. The maximum atomic E-state index is 11.9. The van der Waals surface area contributed by atoms with E-state index in [2.05, 4.69) is 0 Å². The molecule has 1 N–H and O–H groups in total. The van der Waals surface area contributed by atoms with Crippen LogP contribution < -0.4 is 0 Å². The van der Waals surface area contributed by atoms with Gasteiger partial charge < -0.3 is 5.11 Å². The van der Waals surface area contributed by atoms with E-state index in [1.807, 2.05) is 0 Å². The molecule has 1 fully saturated rings. The van der Waals surface area contributed by atoms with E-state index in [1.54, 1.807) is 17.5 Å². The van der Waals surface area contributed by atoms with Crippen molar-refractivity contribution in [2.75, 3.05) is 12.3 Å². The number of aliphatic carboxylic acids is 1. The minimum atomic E-state index is -3.43. The summed E-state index contributed by atoms with van der Waals surface area (Å²) >= 11 is 1.27. The number of carbonyl (C=O) groups is 1. The number of hydrogen-bond acceptors (Lipinski definition) is 4. The van der Waals surface area contributed by atoms with Crippen LogP contribution in [0.15, 0.2) is 17.5 Å². The van der Waals surface area contributed by atoms with Gasteiger partial charge in [0.15, 0.2) is 6.04 Å². The summed E-state index contributed by atoms with van der Waals surface area (Å²) in [6, 6.07) is 2.32. The Morgan fingerprint density at radius 1 is 1.47 bits per heavy atom. The second-order valence-electron chi connectivity index (χ2n) is 3.89. The van der Waals surface area contributed by atoms with Gasteiger partial charge >= 0.3 is 5.97 Å². The van der Waals surface area contributed by atoms with E-state index in [0.29, 0.717) is 17.7 Å². The van der Waals surface area contributed by atoms with E-state index in [1.165, 1.54) is 11.3 Å². The molecule has 1 atom stereocenters. The Kier molecular flexibility index (Phi) is 3.50. The van der Waals surface area contributed by atoms with Gasteiger partial charge in [-0.25, -0.2) is 8.42 Å². The van der Waals surface area contributed by atoms with Crippen molar-refractivity contribution in [3.05, 3.63) is 22.4 Å². The zero-order valence-corrected chi connectivity index (χ0v) is 10.7. The first-order chi connectivity index (χ1) is 8.02. The number of sulfonamides is 1. The van der Waals surface area contributed by atoms with Gasteiger partial charge in [-0.1, -0.05) is 6.07 Å². The van der Waals surface area contributed by atoms with Crippen molar-refractivity contribution in [3.63, 3.8) is 0 Å². The quantitative estimate of drug-likeness (QED) is 0.902. The summed E-state index contributed by atoms with van der Waals surface area (Å²) in [5.41, 5.74) is 0. The highest BCUT2D eigenvalue weighted by atomic mass is 32.2. The van der Waals surface area contributed by atoms with Crippen molar-refractivity contribution < 1.29 is 18.3 Å². The Morgan fingerprint density at radius 2 is 2.24 bits per heavy atom. The molecule has 1 aromatic heterocycles. The average Bonchev–Trinajstić information content (AvgIpc) is 2.73. The topological polar surface area (TPSA) is 74.7 Å². The van der Waals surface area contributed by atoms with E-state index in [0.717, 1.165) is 4.31 Å². The van der Waals surface area contributed by atoms with E-state index in [9.17, 15) is 18.3 Å². The summed E-state index contributed by atoms with van der Waals surface area (Å²) in [6.07, 6.45) is 1.32. The van der Waals surface area contributed by atoms with Crippen LogP contribution in [0.1, 0.15) is 23.8 Å². The molecule has 0 aliphatic carbocycles. The van der Waals surface area contributed by atoms with Crippen molar-refractivity contribution in [1.29, 1.82) is 0 Å². The third-order valence-electron chi connectivity index (χ3n) is 2.72. The summed E-state index contributed by atoms with van der Waals surface area (Å²) in [6.45, 7) is 0.289. The minimum Gasteiger partial charge on any atom is -0.480 e. The summed E-state index contributed by atoms with van der Waals surface area (Å²) in [7, 11) is -3.43. The number of carboxylic acid groups (broad SMARTS) is 1. The lowest BCUT2D eigenvalue weighted by molar-refractivity contribution is -0.141. The molecule has 0 bridgehead atoms. The molecule has 2 rings (SSSR count). The Bertz CT molecular complexity index is 494. The first-order valence-corrected chi connectivity index (χ1v) is 7.77. The Labute approximate surface area is 104 Å². The van der Waals surface area contributed by atoms with Gasteiger partial charge in [-0.2, -0.15) is 4.31 Å². The average molecular weight is 275 g/mol. The molecule has 1 saturated heterocycles. The normalized spacial score (nSPS) is 22.1. The molecular formula is C10H13NO4S2. The van der Waals surface area contributed by atoms with Gasteiger partial charge in [0.2, 0.25) is 10.0 Å². The molecule has 7 heteroatoms. The molecule has 0 amide bonds. The van der Waals surface area contributed by atoms with Crippen LogP contribution >= 0.6 is 11.3 Å². The molecule has 1 unspecified atom stereocenters. The monoisotopic (exact) mass is 275 g/mol. The lowest BCUT2D eigenvalue weighted by Gasteiger charge is -2.30. The highest BCUT2D eigenvalue weighted by molar-refractivity contribution is 7.89. The summed E-state index contributed by atoms with van der Waals surface area (Å²) in [5, 5.41) is 11.0. The molecular weight excluding hydrogens is 262 g/mol. The third-order valence-corrected chi connectivity index (χ3v) is 5.56. The van der Waals surface area contributed by atoms with Crippen molar-refractivity contribution in [2.45, 2.75) is 18.9 Å². The van der Waals surface area contributed by atoms with Crippen LogP contribution in [0.5, 0.6) is 0 Å². The fourth-order valence-corrected chi connectivity index (χ4v) is 4.56. The number of nitrogens with zero attached hydrogens (tertiary/aromatic N) is 1. The molecule has 0 aromatic carbocycles. The fourth-order valence-electron chi connectivity index (χ4n) is 1.93. The van der Waals surface area contributed by atoms with Crippen LogP contribution in [0.3, 0.4) is 0 Å². The highest BCUT2D eigenvalue weighted by Gasteiger charge is 2.37. The van der Waals surface area contributed by atoms with Gasteiger partial charge in [0, 0.05) is 11.4 Å². The first-order valence-electron chi connectivity index (χ1n) is 5.28. The smallest absolute Gasteiger partial charge is 0.327 e. The standard InChI is InChI=1S/C10H13NO4S2/c12-10(13)9(8-4-3-6-16-8)11-5-1-2-7-17(11,14)15/h3-4,6,9H,1-2,5,7H2,(H,12,13). The lowest BCUT2D eigenvalue weighted by atomic mass is 10.2. The van der Waals surface area contributed by atoms with Gasteiger partial charge in [0.05, 0.1) is 5.75 Å². The predicted molar refractivity (Wildman–Crippen MR) is 64.4 cm³/mol. The molecule has 5 nitrogen and oxygen atoms in total. The van der Waals surface area contributed by atoms with E-state index in [4.69, 9.17) is 0 Å². The summed E-state index contributed by atoms with van der Waals surface area (Å²) in [5.74, 6) is -1.07. The van der Waals surface area contributed by atoms with Gasteiger partial charge in [0.25, 0.3) is 0 Å².